The highest BCUT2D eigenvalue weighted by Gasteiger charge is 2.23. The molecule has 1 atom stereocenters. The van der Waals surface area contributed by atoms with E-state index in [9.17, 15) is 14.7 Å². The highest BCUT2D eigenvalue weighted by Crippen LogP contribution is 2.37. The number of anilines is 1. The number of carboxylic acid groups (broad SMARTS) is 1. The molecule has 2 N–H and O–H groups in total. The average molecular weight is 470 g/mol. The first-order valence-corrected chi connectivity index (χ1v) is 11.6. The Bertz CT molecular complexity index is 1240. The second-order valence-corrected chi connectivity index (χ2v) is 8.67. The third kappa shape index (κ3) is 6.05. The summed E-state index contributed by atoms with van der Waals surface area (Å²) < 4.78 is 5.85. The van der Waals surface area contributed by atoms with E-state index < -0.39 is 11.2 Å². The van der Waals surface area contributed by atoms with Crippen LogP contribution in [0.2, 0.25) is 0 Å². The summed E-state index contributed by atoms with van der Waals surface area (Å²) in [6.07, 6.45) is 0. The standard InChI is InChI=1S/C28H23NO4S/c30-27(29-25-14-8-7-13-24(25)28(31)32)26(21-11-5-2-6-12-21)34-23-17-15-22(16-18-23)33-19-20-9-3-1-4-10-20/h1-18,26H,19H2,(H,29,30)(H,31,32). The van der Waals surface area contributed by atoms with Gasteiger partial charge < -0.3 is 15.2 Å². The Morgan fingerprint density at radius 3 is 2.09 bits per heavy atom. The van der Waals surface area contributed by atoms with Crippen LogP contribution in [-0.4, -0.2) is 17.0 Å². The molecule has 0 aliphatic heterocycles. The Balaban J connectivity index is 1.50. The van der Waals surface area contributed by atoms with Gasteiger partial charge in [-0.05, 0) is 47.5 Å². The fourth-order valence-electron chi connectivity index (χ4n) is 3.37. The van der Waals surface area contributed by atoms with E-state index in [1.54, 1.807) is 18.2 Å². The van der Waals surface area contributed by atoms with Gasteiger partial charge in [-0.25, -0.2) is 4.79 Å². The summed E-state index contributed by atoms with van der Waals surface area (Å²) in [6, 6.07) is 33.3. The van der Waals surface area contributed by atoms with Crippen molar-refractivity contribution in [3.8, 4) is 5.75 Å². The van der Waals surface area contributed by atoms with Crippen LogP contribution < -0.4 is 10.1 Å². The number of amides is 1. The van der Waals surface area contributed by atoms with Gasteiger partial charge in [0, 0.05) is 4.90 Å². The number of thioether (sulfide) groups is 1. The number of carboxylic acids is 1. The fraction of sp³-hybridized carbons (Fsp3) is 0.0714. The molecule has 4 aromatic rings. The summed E-state index contributed by atoms with van der Waals surface area (Å²) in [7, 11) is 0. The Kier molecular flexibility index (Phi) is 7.63. The largest absolute Gasteiger partial charge is 0.489 e. The summed E-state index contributed by atoms with van der Waals surface area (Å²) in [5.41, 5.74) is 2.23. The Hall–Kier alpha value is -4.03. The first-order chi connectivity index (χ1) is 16.6. The number of para-hydroxylation sites is 1. The molecule has 0 saturated carbocycles. The maximum absolute atomic E-state index is 13.3. The maximum Gasteiger partial charge on any atom is 0.337 e. The number of aromatic carboxylic acids is 1. The molecule has 0 spiro atoms. The molecule has 0 aliphatic rings. The van der Waals surface area contributed by atoms with Gasteiger partial charge in [-0.1, -0.05) is 72.8 Å². The van der Waals surface area contributed by atoms with Crippen LogP contribution in [0.1, 0.15) is 26.7 Å². The molecule has 4 aromatic carbocycles. The van der Waals surface area contributed by atoms with E-state index in [-0.39, 0.29) is 17.2 Å². The quantitative estimate of drug-likeness (QED) is 0.276. The maximum atomic E-state index is 13.3. The van der Waals surface area contributed by atoms with E-state index in [2.05, 4.69) is 5.32 Å². The highest BCUT2D eigenvalue weighted by molar-refractivity contribution is 8.00. The zero-order valence-corrected chi connectivity index (χ0v) is 19.1. The molecular formula is C28H23NO4S. The molecule has 0 heterocycles. The smallest absolute Gasteiger partial charge is 0.337 e. The molecule has 170 valence electrons. The monoisotopic (exact) mass is 469 g/mol. The summed E-state index contributed by atoms with van der Waals surface area (Å²) in [5.74, 6) is -0.649. The van der Waals surface area contributed by atoms with Crippen molar-refractivity contribution in [3.05, 3.63) is 126 Å². The Morgan fingerprint density at radius 1 is 0.794 bits per heavy atom. The molecule has 0 bridgehead atoms. The molecule has 0 radical (unpaired) electrons. The van der Waals surface area contributed by atoms with Crippen LogP contribution in [-0.2, 0) is 11.4 Å². The second-order valence-electron chi connectivity index (χ2n) is 7.49. The Morgan fingerprint density at radius 2 is 1.41 bits per heavy atom. The number of benzene rings is 4. The lowest BCUT2D eigenvalue weighted by atomic mass is 10.1. The Labute approximate surface area is 202 Å². The van der Waals surface area contributed by atoms with Crippen molar-refractivity contribution in [1.82, 2.24) is 0 Å². The molecule has 34 heavy (non-hydrogen) atoms. The third-order valence-corrected chi connectivity index (χ3v) is 6.35. The number of carbonyl (C=O) groups excluding carboxylic acids is 1. The molecule has 5 nitrogen and oxygen atoms in total. The summed E-state index contributed by atoms with van der Waals surface area (Å²) in [6.45, 7) is 0.478. The van der Waals surface area contributed by atoms with Crippen molar-refractivity contribution in [3.63, 3.8) is 0 Å². The van der Waals surface area contributed by atoms with Crippen molar-refractivity contribution in [2.75, 3.05) is 5.32 Å². The average Bonchev–Trinajstić information content (AvgIpc) is 2.88. The minimum Gasteiger partial charge on any atom is -0.489 e. The SMILES string of the molecule is O=C(O)c1ccccc1NC(=O)C(Sc1ccc(OCc2ccccc2)cc1)c1ccccc1. The van der Waals surface area contributed by atoms with Crippen LogP contribution >= 0.6 is 11.8 Å². The lowest BCUT2D eigenvalue weighted by molar-refractivity contribution is -0.115. The fourth-order valence-corrected chi connectivity index (χ4v) is 4.39. The van der Waals surface area contributed by atoms with E-state index in [4.69, 9.17) is 4.74 Å². The van der Waals surface area contributed by atoms with Crippen LogP contribution in [0.4, 0.5) is 5.69 Å². The minimum atomic E-state index is -1.09. The van der Waals surface area contributed by atoms with E-state index in [0.29, 0.717) is 6.61 Å². The predicted octanol–water partition coefficient (Wildman–Crippen LogP) is 6.44. The number of carbonyl (C=O) groups is 2. The van der Waals surface area contributed by atoms with E-state index in [0.717, 1.165) is 21.8 Å². The van der Waals surface area contributed by atoms with Crippen molar-refractivity contribution >= 4 is 29.3 Å². The van der Waals surface area contributed by atoms with Crippen LogP contribution in [0.25, 0.3) is 0 Å². The van der Waals surface area contributed by atoms with E-state index in [1.807, 2.05) is 84.9 Å². The zero-order chi connectivity index (χ0) is 23.8. The highest BCUT2D eigenvalue weighted by atomic mass is 32.2. The molecule has 0 aromatic heterocycles. The molecule has 1 amide bonds. The first kappa shape index (κ1) is 23.1. The van der Waals surface area contributed by atoms with Crippen molar-refractivity contribution < 1.29 is 19.4 Å². The molecule has 6 heteroatoms. The van der Waals surface area contributed by atoms with E-state index >= 15 is 0 Å². The number of rotatable bonds is 9. The van der Waals surface area contributed by atoms with Gasteiger partial charge in [-0.3, -0.25) is 4.79 Å². The second kappa shape index (κ2) is 11.2. The summed E-state index contributed by atoms with van der Waals surface area (Å²) in [5, 5.41) is 11.7. The first-order valence-electron chi connectivity index (χ1n) is 10.7. The molecule has 4 rings (SSSR count). The van der Waals surface area contributed by atoms with Gasteiger partial charge in [-0.15, -0.1) is 11.8 Å². The molecule has 1 unspecified atom stereocenters. The number of hydrogen-bond acceptors (Lipinski definition) is 4. The van der Waals surface area contributed by atoms with Gasteiger partial charge in [0.2, 0.25) is 5.91 Å². The minimum absolute atomic E-state index is 0.0487. The zero-order valence-electron chi connectivity index (χ0n) is 18.3. The van der Waals surface area contributed by atoms with Crippen LogP contribution in [0.3, 0.4) is 0 Å². The van der Waals surface area contributed by atoms with Gasteiger partial charge in [0.25, 0.3) is 0 Å². The molecular weight excluding hydrogens is 446 g/mol. The summed E-state index contributed by atoms with van der Waals surface area (Å²) >= 11 is 1.39. The number of nitrogens with one attached hydrogen (secondary N) is 1. The summed E-state index contributed by atoms with van der Waals surface area (Å²) in [4.78, 5) is 25.7. The van der Waals surface area contributed by atoms with Gasteiger partial charge >= 0.3 is 5.97 Å². The number of hydrogen-bond donors (Lipinski definition) is 2. The van der Waals surface area contributed by atoms with Crippen molar-refractivity contribution in [2.45, 2.75) is 16.8 Å². The van der Waals surface area contributed by atoms with Crippen LogP contribution in [0, 0.1) is 0 Å². The lowest BCUT2D eigenvalue weighted by Gasteiger charge is -2.18. The number of ether oxygens (including phenoxy) is 1. The van der Waals surface area contributed by atoms with E-state index in [1.165, 1.54) is 17.8 Å². The van der Waals surface area contributed by atoms with Crippen molar-refractivity contribution in [1.29, 1.82) is 0 Å². The topological polar surface area (TPSA) is 75.6 Å². The van der Waals surface area contributed by atoms with Gasteiger partial charge in [0.1, 0.15) is 17.6 Å². The normalized spacial score (nSPS) is 11.4. The molecule has 0 saturated heterocycles. The third-order valence-electron chi connectivity index (χ3n) is 5.08. The van der Waals surface area contributed by atoms with Crippen molar-refractivity contribution in [2.24, 2.45) is 0 Å². The van der Waals surface area contributed by atoms with Crippen LogP contribution in [0.5, 0.6) is 5.75 Å². The molecule has 0 fully saturated rings. The van der Waals surface area contributed by atoms with Crippen LogP contribution in [0.15, 0.2) is 114 Å². The van der Waals surface area contributed by atoms with Gasteiger partial charge in [-0.2, -0.15) is 0 Å². The lowest BCUT2D eigenvalue weighted by Crippen LogP contribution is -2.20. The van der Waals surface area contributed by atoms with Gasteiger partial charge in [0.15, 0.2) is 0 Å². The predicted molar refractivity (Wildman–Crippen MR) is 134 cm³/mol. The van der Waals surface area contributed by atoms with Gasteiger partial charge in [0.05, 0.1) is 11.3 Å². The molecule has 0 aliphatic carbocycles.